The molecule has 0 bridgehead atoms. The zero-order valence-corrected chi connectivity index (χ0v) is 16.8. The van der Waals surface area contributed by atoms with E-state index in [-0.39, 0.29) is 12.7 Å². The number of amides is 1. The molecule has 1 amide bonds. The molecule has 2 aromatic carbocycles. The van der Waals surface area contributed by atoms with E-state index in [1.165, 1.54) is 18.4 Å². The van der Waals surface area contributed by atoms with E-state index in [1.807, 2.05) is 31.2 Å². The number of fused-ring (bicyclic) bond motifs is 1. The lowest BCUT2D eigenvalue weighted by atomic mass is 10.1. The highest BCUT2D eigenvalue weighted by molar-refractivity contribution is 7.17. The van der Waals surface area contributed by atoms with Crippen LogP contribution in [0, 0.1) is 6.92 Å². The van der Waals surface area contributed by atoms with Crippen LogP contribution in [0.25, 0.3) is 0 Å². The predicted molar refractivity (Wildman–Crippen MR) is 110 cm³/mol. The van der Waals surface area contributed by atoms with E-state index >= 15 is 0 Å². The van der Waals surface area contributed by atoms with Crippen molar-refractivity contribution in [1.82, 2.24) is 0 Å². The topological polar surface area (TPSA) is 73.9 Å². The van der Waals surface area contributed by atoms with E-state index in [2.05, 4.69) is 5.32 Å². The maximum Gasteiger partial charge on any atom is 0.341 e. The summed E-state index contributed by atoms with van der Waals surface area (Å²) in [5, 5.41) is 3.35. The Morgan fingerprint density at radius 2 is 1.86 bits per heavy atom. The van der Waals surface area contributed by atoms with Gasteiger partial charge in [-0.05, 0) is 42.3 Å². The van der Waals surface area contributed by atoms with Crippen LogP contribution in [-0.4, -0.2) is 25.8 Å². The van der Waals surface area contributed by atoms with Gasteiger partial charge in [-0.2, -0.15) is 0 Å². The quantitative estimate of drug-likeness (QED) is 0.632. The lowest BCUT2D eigenvalue weighted by Crippen LogP contribution is -2.14. The van der Waals surface area contributed by atoms with Gasteiger partial charge in [0.15, 0.2) is 11.5 Å². The maximum absolute atomic E-state index is 12.6. The minimum atomic E-state index is -0.473. The Balaban J connectivity index is 1.65. The fourth-order valence-corrected chi connectivity index (χ4v) is 4.39. The molecule has 0 radical (unpaired) electrons. The molecule has 0 saturated heterocycles. The van der Waals surface area contributed by atoms with E-state index in [4.69, 9.17) is 14.2 Å². The first-order valence-electron chi connectivity index (χ1n) is 9.02. The van der Waals surface area contributed by atoms with E-state index in [0.29, 0.717) is 28.3 Å². The highest BCUT2D eigenvalue weighted by Gasteiger charge is 2.24. The van der Waals surface area contributed by atoms with Crippen LogP contribution in [0.15, 0.2) is 48.5 Å². The molecule has 0 aliphatic carbocycles. The fraction of sp³-hybridized carbons (Fsp3) is 0.182. The van der Waals surface area contributed by atoms with Crippen LogP contribution < -0.4 is 14.8 Å². The molecule has 1 aliphatic rings. The monoisotopic (exact) mass is 409 g/mol. The number of carbonyl (C=O) groups excluding carboxylic acids is 2. The smallest absolute Gasteiger partial charge is 0.341 e. The first-order chi connectivity index (χ1) is 14.1. The average molecular weight is 409 g/mol. The number of hydrogen-bond acceptors (Lipinski definition) is 6. The van der Waals surface area contributed by atoms with Gasteiger partial charge in [-0.25, -0.2) is 4.79 Å². The summed E-state index contributed by atoms with van der Waals surface area (Å²) in [5.41, 5.74) is 2.73. The van der Waals surface area contributed by atoms with E-state index < -0.39 is 5.97 Å². The molecule has 0 atom stereocenters. The SMILES string of the molecule is COC(=O)c1c(NC(=O)c2ccccc2)sc(Cc2ccc3c(c2)OCO3)c1C. The number of hydrogen-bond donors (Lipinski definition) is 1. The van der Waals surface area contributed by atoms with E-state index in [1.54, 1.807) is 24.3 Å². The molecule has 4 rings (SSSR count). The standard InChI is InChI=1S/C22H19NO5S/c1-13-18(11-14-8-9-16-17(10-14)28-12-27-16)29-21(19(13)22(25)26-2)23-20(24)15-6-4-3-5-7-15/h3-10H,11-12H2,1-2H3,(H,23,24). The second-order valence-corrected chi connectivity index (χ2v) is 7.64. The summed E-state index contributed by atoms with van der Waals surface area (Å²) < 4.78 is 15.7. The third-order valence-corrected chi connectivity index (χ3v) is 5.91. The van der Waals surface area contributed by atoms with Crippen LogP contribution in [0.1, 0.15) is 36.7 Å². The van der Waals surface area contributed by atoms with Gasteiger partial charge in [0, 0.05) is 16.9 Å². The highest BCUT2D eigenvalue weighted by atomic mass is 32.1. The van der Waals surface area contributed by atoms with Crippen molar-refractivity contribution in [2.24, 2.45) is 0 Å². The van der Waals surface area contributed by atoms with Crippen molar-refractivity contribution >= 4 is 28.2 Å². The predicted octanol–water partition coefficient (Wildman–Crippen LogP) is 4.41. The van der Waals surface area contributed by atoms with Gasteiger partial charge >= 0.3 is 5.97 Å². The third-order valence-electron chi connectivity index (χ3n) is 4.70. The van der Waals surface area contributed by atoms with Crippen LogP contribution in [0.5, 0.6) is 11.5 Å². The number of anilines is 1. The summed E-state index contributed by atoms with van der Waals surface area (Å²) in [6.45, 7) is 2.09. The molecule has 0 fully saturated rings. The van der Waals surface area contributed by atoms with E-state index in [9.17, 15) is 9.59 Å². The molecular formula is C22H19NO5S. The largest absolute Gasteiger partial charge is 0.465 e. The minimum Gasteiger partial charge on any atom is -0.465 e. The lowest BCUT2D eigenvalue weighted by molar-refractivity contribution is 0.0601. The number of rotatable bonds is 5. The Kier molecular flexibility index (Phi) is 5.22. The Morgan fingerprint density at radius 1 is 1.10 bits per heavy atom. The second-order valence-electron chi connectivity index (χ2n) is 6.53. The number of benzene rings is 2. The van der Waals surface area contributed by atoms with Gasteiger partial charge in [0.05, 0.1) is 12.7 Å². The number of ether oxygens (including phenoxy) is 3. The van der Waals surface area contributed by atoms with Crippen LogP contribution in [0.2, 0.25) is 0 Å². The van der Waals surface area contributed by atoms with Gasteiger partial charge in [0.25, 0.3) is 5.91 Å². The Labute approximate surface area is 172 Å². The summed E-state index contributed by atoms with van der Waals surface area (Å²) in [7, 11) is 1.33. The normalized spacial score (nSPS) is 11.9. The summed E-state index contributed by atoms with van der Waals surface area (Å²) in [6.07, 6.45) is 0.596. The van der Waals surface area contributed by atoms with Crippen molar-refractivity contribution < 1.29 is 23.8 Å². The van der Waals surface area contributed by atoms with Gasteiger partial charge < -0.3 is 19.5 Å². The van der Waals surface area contributed by atoms with E-state index in [0.717, 1.165) is 21.8 Å². The van der Waals surface area contributed by atoms with Gasteiger partial charge in [-0.1, -0.05) is 24.3 Å². The number of thiophene rings is 1. The minimum absolute atomic E-state index is 0.221. The molecule has 6 nitrogen and oxygen atoms in total. The second kappa shape index (κ2) is 7.97. The number of methoxy groups -OCH3 is 1. The first kappa shape index (κ1) is 19.0. The highest BCUT2D eigenvalue weighted by Crippen LogP contribution is 2.37. The zero-order valence-electron chi connectivity index (χ0n) is 16.0. The van der Waals surface area contributed by atoms with Crippen LogP contribution in [-0.2, 0) is 11.2 Å². The number of carbonyl (C=O) groups is 2. The molecular weight excluding hydrogens is 390 g/mol. The summed E-state index contributed by atoms with van der Waals surface area (Å²) >= 11 is 1.38. The molecule has 7 heteroatoms. The molecule has 0 unspecified atom stereocenters. The third kappa shape index (κ3) is 3.82. The summed E-state index contributed by atoms with van der Waals surface area (Å²) in [5.74, 6) is 0.691. The van der Waals surface area contributed by atoms with Crippen LogP contribution in [0.4, 0.5) is 5.00 Å². The average Bonchev–Trinajstić information content (AvgIpc) is 3.32. The number of esters is 1. The molecule has 148 valence electrons. The molecule has 2 heterocycles. The Morgan fingerprint density at radius 3 is 2.62 bits per heavy atom. The summed E-state index contributed by atoms with van der Waals surface area (Å²) in [6, 6.07) is 14.6. The Bertz CT molecular complexity index is 1070. The lowest BCUT2D eigenvalue weighted by Gasteiger charge is -2.06. The summed E-state index contributed by atoms with van der Waals surface area (Å²) in [4.78, 5) is 26.0. The molecule has 0 spiro atoms. The molecule has 1 aromatic heterocycles. The van der Waals surface area contributed by atoms with Gasteiger partial charge in [0.2, 0.25) is 6.79 Å². The van der Waals surface area contributed by atoms with Crippen molar-refractivity contribution in [2.45, 2.75) is 13.3 Å². The molecule has 29 heavy (non-hydrogen) atoms. The van der Waals surface area contributed by atoms with Gasteiger partial charge in [-0.15, -0.1) is 11.3 Å². The van der Waals surface area contributed by atoms with Crippen molar-refractivity contribution in [2.75, 3.05) is 19.2 Å². The molecule has 3 aromatic rings. The van der Waals surface area contributed by atoms with Crippen LogP contribution >= 0.6 is 11.3 Å². The van der Waals surface area contributed by atoms with Crippen LogP contribution in [0.3, 0.4) is 0 Å². The van der Waals surface area contributed by atoms with Crippen molar-refractivity contribution in [3.8, 4) is 11.5 Å². The van der Waals surface area contributed by atoms with Crippen molar-refractivity contribution in [3.63, 3.8) is 0 Å². The zero-order chi connectivity index (χ0) is 20.4. The first-order valence-corrected chi connectivity index (χ1v) is 9.84. The molecule has 1 N–H and O–H groups in total. The Hall–Kier alpha value is -3.32. The van der Waals surface area contributed by atoms with Gasteiger partial charge in [0.1, 0.15) is 5.00 Å². The number of nitrogens with one attached hydrogen (secondary N) is 1. The molecule has 1 aliphatic heterocycles. The van der Waals surface area contributed by atoms with Crippen molar-refractivity contribution in [1.29, 1.82) is 0 Å². The maximum atomic E-state index is 12.6. The fourth-order valence-electron chi connectivity index (χ4n) is 3.17. The molecule has 0 saturated carbocycles. The van der Waals surface area contributed by atoms with Gasteiger partial charge in [-0.3, -0.25) is 4.79 Å². The van der Waals surface area contributed by atoms with Crippen molar-refractivity contribution in [3.05, 3.63) is 75.7 Å².